The van der Waals surface area contributed by atoms with E-state index in [0.29, 0.717) is 12.5 Å². The number of benzene rings is 1. The van der Waals surface area contributed by atoms with Gasteiger partial charge < -0.3 is 10.4 Å². The van der Waals surface area contributed by atoms with Crippen LogP contribution in [-0.4, -0.2) is 23.5 Å². The van der Waals surface area contributed by atoms with Crippen LogP contribution < -0.4 is 5.32 Å². The summed E-state index contributed by atoms with van der Waals surface area (Å²) in [5.41, 5.74) is 1.72. The van der Waals surface area contributed by atoms with Crippen LogP contribution in [0.25, 0.3) is 0 Å². The van der Waals surface area contributed by atoms with Crippen LogP contribution in [0.4, 0.5) is 0 Å². The van der Waals surface area contributed by atoms with Gasteiger partial charge in [-0.05, 0) is 24.0 Å². The zero-order chi connectivity index (χ0) is 14.4. The highest BCUT2D eigenvalue weighted by molar-refractivity contribution is 5.88. The van der Waals surface area contributed by atoms with E-state index in [1.54, 1.807) is 0 Å². The summed E-state index contributed by atoms with van der Waals surface area (Å²) in [5.74, 6) is -1.47. The number of hydrogen-bond donors (Lipinski definition) is 2. The number of nitrogens with one attached hydrogen (secondary N) is 1. The predicted octanol–water partition coefficient (Wildman–Crippen LogP) is 2.33. The molecular formula is C15H21NO3. The lowest BCUT2D eigenvalue weighted by atomic mass is 9.91. The van der Waals surface area contributed by atoms with E-state index < -0.39 is 11.9 Å². The molecular weight excluding hydrogens is 242 g/mol. The first-order chi connectivity index (χ1) is 8.91. The van der Waals surface area contributed by atoms with Crippen molar-refractivity contribution in [3.8, 4) is 0 Å². The van der Waals surface area contributed by atoms with Crippen LogP contribution in [0.1, 0.15) is 37.3 Å². The van der Waals surface area contributed by atoms with Crippen LogP contribution in [0.2, 0.25) is 0 Å². The Balaban J connectivity index is 2.92. The number of carboxylic acid groups (broad SMARTS) is 1. The smallest absolute Gasteiger partial charge is 0.304 e. The lowest BCUT2D eigenvalue weighted by Gasteiger charge is -2.18. The van der Waals surface area contributed by atoms with Gasteiger partial charge in [-0.25, -0.2) is 0 Å². The van der Waals surface area contributed by atoms with Crippen molar-refractivity contribution in [2.75, 3.05) is 6.54 Å². The maximum Gasteiger partial charge on any atom is 0.304 e. The van der Waals surface area contributed by atoms with Gasteiger partial charge in [-0.2, -0.15) is 0 Å². The summed E-state index contributed by atoms with van der Waals surface area (Å²) in [6.07, 6.45) is -0.186. The highest BCUT2D eigenvalue weighted by Crippen LogP contribution is 2.23. The number of aryl methyl sites for hydroxylation is 1. The molecule has 0 heterocycles. The molecule has 1 aromatic carbocycles. The van der Waals surface area contributed by atoms with Crippen molar-refractivity contribution in [1.29, 1.82) is 0 Å². The van der Waals surface area contributed by atoms with Gasteiger partial charge in [-0.15, -0.1) is 0 Å². The number of carboxylic acids is 1. The number of carbonyl (C=O) groups excluding carboxylic acids is 1. The highest BCUT2D eigenvalue weighted by Gasteiger charge is 2.24. The first kappa shape index (κ1) is 15.2. The number of amides is 1. The molecule has 0 saturated carbocycles. The standard InChI is InChI=1S/C15H21NO3/c1-10(2)9-16-15(19)13(8-14(17)18)12-7-5-4-6-11(12)3/h4-7,10,13H,8-9H2,1-3H3,(H,16,19)(H,17,18). The molecule has 1 amide bonds. The SMILES string of the molecule is Cc1ccccc1C(CC(=O)O)C(=O)NCC(C)C. The lowest BCUT2D eigenvalue weighted by Crippen LogP contribution is -2.33. The highest BCUT2D eigenvalue weighted by atomic mass is 16.4. The molecule has 4 nitrogen and oxygen atoms in total. The van der Waals surface area contributed by atoms with Gasteiger partial charge in [0.25, 0.3) is 0 Å². The Morgan fingerprint density at radius 3 is 2.42 bits per heavy atom. The third kappa shape index (κ3) is 4.73. The maximum absolute atomic E-state index is 12.2. The molecule has 4 heteroatoms. The second-order valence-corrected chi connectivity index (χ2v) is 5.15. The number of rotatable bonds is 6. The van der Waals surface area contributed by atoms with Gasteiger partial charge in [-0.3, -0.25) is 9.59 Å². The van der Waals surface area contributed by atoms with E-state index in [2.05, 4.69) is 5.32 Å². The van der Waals surface area contributed by atoms with Crippen LogP contribution in [0, 0.1) is 12.8 Å². The molecule has 0 fully saturated rings. The van der Waals surface area contributed by atoms with Crippen LogP contribution in [0.5, 0.6) is 0 Å². The van der Waals surface area contributed by atoms with E-state index in [1.165, 1.54) is 0 Å². The Morgan fingerprint density at radius 2 is 1.89 bits per heavy atom. The molecule has 2 N–H and O–H groups in total. The zero-order valence-corrected chi connectivity index (χ0v) is 11.6. The minimum absolute atomic E-state index is 0.186. The summed E-state index contributed by atoms with van der Waals surface area (Å²) in [7, 11) is 0. The second-order valence-electron chi connectivity index (χ2n) is 5.15. The summed E-state index contributed by atoms with van der Waals surface area (Å²) in [5, 5.41) is 11.8. The molecule has 1 unspecified atom stereocenters. The van der Waals surface area contributed by atoms with E-state index in [1.807, 2.05) is 45.0 Å². The Labute approximate surface area is 113 Å². The monoisotopic (exact) mass is 263 g/mol. The predicted molar refractivity (Wildman–Crippen MR) is 74.0 cm³/mol. The summed E-state index contributed by atoms with van der Waals surface area (Å²) in [4.78, 5) is 23.1. The molecule has 0 aromatic heterocycles. The van der Waals surface area contributed by atoms with Crippen molar-refractivity contribution in [3.63, 3.8) is 0 Å². The van der Waals surface area contributed by atoms with E-state index in [0.717, 1.165) is 11.1 Å². The van der Waals surface area contributed by atoms with Gasteiger partial charge in [0, 0.05) is 6.54 Å². The molecule has 1 aromatic rings. The second kappa shape index (κ2) is 6.92. The first-order valence-electron chi connectivity index (χ1n) is 6.46. The summed E-state index contributed by atoms with van der Waals surface area (Å²) >= 11 is 0. The van der Waals surface area contributed by atoms with Crippen molar-refractivity contribution in [3.05, 3.63) is 35.4 Å². The fourth-order valence-corrected chi connectivity index (χ4v) is 1.92. The van der Waals surface area contributed by atoms with Gasteiger partial charge in [-0.1, -0.05) is 38.1 Å². The normalized spacial score (nSPS) is 12.2. The fraction of sp³-hybridized carbons (Fsp3) is 0.467. The maximum atomic E-state index is 12.2. The molecule has 1 atom stereocenters. The zero-order valence-electron chi connectivity index (χ0n) is 11.6. The van der Waals surface area contributed by atoms with Crippen LogP contribution in [-0.2, 0) is 9.59 Å². The van der Waals surface area contributed by atoms with Gasteiger partial charge in [0.1, 0.15) is 0 Å². The van der Waals surface area contributed by atoms with Crippen molar-refractivity contribution in [2.24, 2.45) is 5.92 Å². The van der Waals surface area contributed by atoms with Crippen LogP contribution in [0.3, 0.4) is 0 Å². The minimum Gasteiger partial charge on any atom is -0.481 e. The third-order valence-corrected chi connectivity index (χ3v) is 2.94. The van der Waals surface area contributed by atoms with E-state index in [-0.39, 0.29) is 12.3 Å². The topological polar surface area (TPSA) is 66.4 Å². The molecule has 0 aliphatic heterocycles. The number of carbonyl (C=O) groups is 2. The Morgan fingerprint density at radius 1 is 1.26 bits per heavy atom. The van der Waals surface area contributed by atoms with Gasteiger partial charge in [0.2, 0.25) is 5.91 Å². The van der Waals surface area contributed by atoms with Crippen LogP contribution in [0.15, 0.2) is 24.3 Å². The van der Waals surface area contributed by atoms with Crippen molar-refractivity contribution < 1.29 is 14.7 Å². The molecule has 0 aliphatic carbocycles. The molecule has 0 spiro atoms. The third-order valence-electron chi connectivity index (χ3n) is 2.94. The Kier molecular flexibility index (Phi) is 5.55. The van der Waals surface area contributed by atoms with Gasteiger partial charge in [0.15, 0.2) is 0 Å². The molecule has 0 saturated heterocycles. The first-order valence-corrected chi connectivity index (χ1v) is 6.46. The van der Waals surface area contributed by atoms with Crippen molar-refractivity contribution >= 4 is 11.9 Å². The molecule has 0 aliphatic rings. The molecule has 19 heavy (non-hydrogen) atoms. The Bertz CT molecular complexity index is 454. The summed E-state index contributed by atoms with van der Waals surface area (Å²) in [6, 6.07) is 7.41. The molecule has 0 radical (unpaired) electrons. The quantitative estimate of drug-likeness (QED) is 0.827. The average Bonchev–Trinajstić information content (AvgIpc) is 2.33. The Hall–Kier alpha value is -1.84. The average molecular weight is 263 g/mol. The molecule has 104 valence electrons. The summed E-state index contributed by atoms with van der Waals surface area (Å²) in [6.45, 7) is 6.45. The van der Waals surface area contributed by atoms with E-state index in [9.17, 15) is 9.59 Å². The van der Waals surface area contributed by atoms with E-state index in [4.69, 9.17) is 5.11 Å². The lowest BCUT2D eigenvalue weighted by molar-refractivity contribution is -0.139. The minimum atomic E-state index is -0.965. The molecule has 0 bridgehead atoms. The van der Waals surface area contributed by atoms with Crippen molar-refractivity contribution in [2.45, 2.75) is 33.1 Å². The fourth-order valence-electron chi connectivity index (χ4n) is 1.92. The molecule has 1 rings (SSSR count). The van der Waals surface area contributed by atoms with Crippen molar-refractivity contribution in [1.82, 2.24) is 5.32 Å². The largest absolute Gasteiger partial charge is 0.481 e. The summed E-state index contributed by atoms with van der Waals surface area (Å²) < 4.78 is 0. The van der Waals surface area contributed by atoms with E-state index >= 15 is 0 Å². The van der Waals surface area contributed by atoms with Crippen LogP contribution >= 0.6 is 0 Å². The number of aliphatic carboxylic acids is 1. The van der Waals surface area contributed by atoms with Gasteiger partial charge >= 0.3 is 5.97 Å². The number of hydrogen-bond acceptors (Lipinski definition) is 2. The van der Waals surface area contributed by atoms with Gasteiger partial charge in [0.05, 0.1) is 12.3 Å².